The molecule has 1 amide bonds. The number of carbonyl (C=O) groups excluding carboxylic acids is 1. The Morgan fingerprint density at radius 3 is 2.44 bits per heavy atom. The number of nitrogens with zero attached hydrogens (tertiary/aromatic N) is 3. The third kappa shape index (κ3) is 4.91. The Morgan fingerprint density at radius 2 is 1.84 bits per heavy atom. The smallest absolute Gasteiger partial charge is 0.407 e. The molecule has 0 unspecified atom stereocenters. The predicted molar refractivity (Wildman–Crippen MR) is 126 cm³/mol. The van der Waals surface area contributed by atoms with Crippen molar-refractivity contribution in [3.8, 4) is 22.8 Å². The summed E-state index contributed by atoms with van der Waals surface area (Å²) >= 11 is 1.52. The number of hydrogen-bond acceptors (Lipinski definition) is 6. The van der Waals surface area contributed by atoms with Gasteiger partial charge < -0.3 is 14.8 Å². The molecule has 1 aliphatic heterocycles. The molecular formula is C24H28N4O3S. The van der Waals surface area contributed by atoms with E-state index in [0.717, 1.165) is 28.0 Å². The fourth-order valence-electron chi connectivity index (χ4n) is 3.45. The van der Waals surface area contributed by atoms with Crippen LogP contribution in [0.5, 0.6) is 5.75 Å². The summed E-state index contributed by atoms with van der Waals surface area (Å²) in [6.07, 6.45) is -0.560. The molecular weight excluding hydrogens is 424 g/mol. The minimum atomic E-state index is -0.372. The minimum absolute atomic E-state index is 0.0784. The van der Waals surface area contributed by atoms with Gasteiger partial charge in [-0.2, -0.15) is 0 Å². The van der Waals surface area contributed by atoms with Crippen LogP contribution >= 0.6 is 11.8 Å². The Morgan fingerprint density at radius 1 is 1.12 bits per heavy atom. The average Bonchev–Trinajstić information content (AvgIpc) is 3.38. The molecule has 1 aromatic heterocycles. The number of amides is 1. The molecule has 0 bridgehead atoms. The fraction of sp³-hybridized carbons (Fsp3) is 0.375. The van der Waals surface area contributed by atoms with E-state index in [2.05, 4.69) is 60.6 Å². The van der Waals surface area contributed by atoms with Crippen LogP contribution in [0.25, 0.3) is 17.1 Å². The van der Waals surface area contributed by atoms with Crippen LogP contribution in [0.3, 0.4) is 0 Å². The number of cyclic esters (lactones) is 1. The molecule has 1 aliphatic rings. The van der Waals surface area contributed by atoms with Crippen LogP contribution in [0.2, 0.25) is 0 Å². The number of thioether (sulfide) groups is 1. The minimum Gasteiger partial charge on any atom is -0.494 e. The van der Waals surface area contributed by atoms with Gasteiger partial charge in [-0.25, -0.2) is 4.79 Å². The van der Waals surface area contributed by atoms with Crippen molar-refractivity contribution >= 4 is 17.9 Å². The lowest BCUT2D eigenvalue weighted by atomic mass is 9.87. The molecule has 168 valence electrons. The summed E-state index contributed by atoms with van der Waals surface area (Å²) in [5.74, 6) is 2.17. The molecule has 0 saturated carbocycles. The SMILES string of the molecule is CCOc1ccc(-n2c(SC[C@@H]3CNC(=O)O3)nnc2-c2ccc(C(C)(C)C)cc2)cc1. The lowest BCUT2D eigenvalue weighted by molar-refractivity contribution is 0.150. The van der Waals surface area contributed by atoms with E-state index in [1.807, 2.05) is 35.8 Å². The molecule has 2 aromatic carbocycles. The first-order valence-corrected chi connectivity index (χ1v) is 11.7. The molecule has 2 heterocycles. The molecule has 0 radical (unpaired) electrons. The van der Waals surface area contributed by atoms with Gasteiger partial charge in [-0.05, 0) is 42.2 Å². The molecule has 7 nitrogen and oxygen atoms in total. The van der Waals surface area contributed by atoms with Gasteiger partial charge >= 0.3 is 6.09 Å². The maximum absolute atomic E-state index is 11.3. The molecule has 1 atom stereocenters. The quantitative estimate of drug-likeness (QED) is 0.517. The first-order valence-electron chi connectivity index (χ1n) is 10.7. The van der Waals surface area contributed by atoms with E-state index in [1.54, 1.807) is 0 Å². The number of ether oxygens (including phenoxy) is 2. The van der Waals surface area contributed by atoms with E-state index in [9.17, 15) is 4.79 Å². The van der Waals surface area contributed by atoms with Crippen LogP contribution in [-0.2, 0) is 10.2 Å². The van der Waals surface area contributed by atoms with E-state index in [0.29, 0.717) is 18.9 Å². The topological polar surface area (TPSA) is 78.3 Å². The van der Waals surface area contributed by atoms with E-state index in [1.165, 1.54) is 17.3 Å². The fourth-order valence-corrected chi connectivity index (χ4v) is 4.39. The Kier molecular flexibility index (Phi) is 6.41. The number of benzene rings is 2. The molecule has 1 N–H and O–H groups in total. The van der Waals surface area contributed by atoms with E-state index >= 15 is 0 Å². The summed E-state index contributed by atoms with van der Waals surface area (Å²) in [6.45, 7) is 9.68. The monoisotopic (exact) mass is 452 g/mol. The Bertz CT molecular complexity index is 1070. The Hall–Kier alpha value is -3.00. The number of aromatic nitrogens is 3. The van der Waals surface area contributed by atoms with Crippen molar-refractivity contribution in [2.24, 2.45) is 0 Å². The number of alkyl carbamates (subject to hydrolysis) is 1. The van der Waals surface area contributed by atoms with E-state index < -0.39 is 0 Å². The average molecular weight is 453 g/mol. The van der Waals surface area contributed by atoms with Gasteiger partial charge in [0.2, 0.25) is 0 Å². The number of nitrogens with one attached hydrogen (secondary N) is 1. The molecule has 32 heavy (non-hydrogen) atoms. The molecule has 1 saturated heterocycles. The van der Waals surface area contributed by atoms with Crippen LogP contribution < -0.4 is 10.1 Å². The van der Waals surface area contributed by atoms with Crippen molar-refractivity contribution < 1.29 is 14.3 Å². The van der Waals surface area contributed by atoms with Crippen molar-refractivity contribution in [3.05, 3.63) is 54.1 Å². The lowest BCUT2D eigenvalue weighted by Gasteiger charge is -2.19. The number of rotatable bonds is 7. The van der Waals surface area contributed by atoms with Gasteiger partial charge in [-0.15, -0.1) is 10.2 Å². The summed E-state index contributed by atoms with van der Waals surface area (Å²) < 4.78 is 12.9. The highest BCUT2D eigenvalue weighted by Crippen LogP contribution is 2.31. The first kappa shape index (κ1) is 22.2. The third-order valence-electron chi connectivity index (χ3n) is 5.19. The van der Waals surface area contributed by atoms with Gasteiger partial charge in [0.15, 0.2) is 11.0 Å². The van der Waals surface area contributed by atoms with Gasteiger partial charge in [-0.1, -0.05) is 56.8 Å². The zero-order chi connectivity index (χ0) is 22.7. The van der Waals surface area contributed by atoms with Crippen molar-refractivity contribution in [3.63, 3.8) is 0 Å². The number of carbonyl (C=O) groups is 1. The van der Waals surface area contributed by atoms with Crippen molar-refractivity contribution in [1.82, 2.24) is 20.1 Å². The first-order chi connectivity index (χ1) is 15.3. The van der Waals surface area contributed by atoms with Gasteiger partial charge in [0.05, 0.1) is 13.2 Å². The van der Waals surface area contributed by atoms with Crippen molar-refractivity contribution in [2.45, 2.75) is 44.4 Å². The summed E-state index contributed by atoms with van der Waals surface area (Å²) in [5.41, 5.74) is 3.27. The standard InChI is InChI=1S/C24H28N4O3S/c1-5-30-19-12-10-18(11-13-19)28-21(16-6-8-17(9-7-16)24(2,3)4)26-27-22(28)32-15-20-14-25-23(29)31-20/h6-13,20H,5,14-15H2,1-4H3,(H,25,29)/t20-/m0/s1. The lowest BCUT2D eigenvalue weighted by Crippen LogP contribution is -2.17. The molecule has 1 fully saturated rings. The van der Waals surface area contributed by atoms with Gasteiger partial charge in [0.25, 0.3) is 0 Å². The largest absolute Gasteiger partial charge is 0.494 e. The molecule has 4 rings (SSSR count). The van der Waals surface area contributed by atoms with Crippen LogP contribution in [0.1, 0.15) is 33.3 Å². The highest BCUT2D eigenvalue weighted by Gasteiger charge is 2.25. The third-order valence-corrected chi connectivity index (χ3v) is 6.26. The molecule has 3 aromatic rings. The number of hydrogen-bond donors (Lipinski definition) is 1. The summed E-state index contributed by atoms with van der Waals surface area (Å²) in [5, 5.41) is 12.4. The predicted octanol–water partition coefficient (Wildman–Crippen LogP) is 4.83. The van der Waals surface area contributed by atoms with Crippen molar-refractivity contribution in [1.29, 1.82) is 0 Å². The second-order valence-electron chi connectivity index (χ2n) is 8.62. The van der Waals surface area contributed by atoms with Crippen LogP contribution in [-0.4, -0.2) is 45.9 Å². The highest BCUT2D eigenvalue weighted by molar-refractivity contribution is 7.99. The van der Waals surface area contributed by atoms with Crippen LogP contribution in [0, 0.1) is 0 Å². The molecule has 0 aliphatic carbocycles. The van der Waals surface area contributed by atoms with Crippen molar-refractivity contribution in [2.75, 3.05) is 18.9 Å². The molecule has 0 spiro atoms. The maximum atomic E-state index is 11.3. The van der Waals surface area contributed by atoms with Gasteiger partial charge in [0.1, 0.15) is 11.9 Å². The maximum Gasteiger partial charge on any atom is 0.407 e. The van der Waals surface area contributed by atoms with E-state index in [-0.39, 0.29) is 17.6 Å². The second kappa shape index (κ2) is 9.24. The summed E-state index contributed by atoms with van der Waals surface area (Å²) in [7, 11) is 0. The normalized spacial score (nSPS) is 16.0. The van der Waals surface area contributed by atoms with E-state index in [4.69, 9.17) is 9.47 Å². The van der Waals surface area contributed by atoms with Crippen LogP contribution in [0.4, 0.5) is 4.79 Å². The Labute approximate surface area is 192 Å². The Balaban J connectivity index is 1.67. The summed E-state index contributed by atoms with van der Waals surface area (Å²) in [4.78, 5) is 11.3. The summed E-state index contributed by atoms with van der Waals surface area (Å²) in [6, 6.07) is 16.4. The van der Waals surface area contributed by atoms with Crippen LogP contribution in [0.15, 0.2) is 53.7 Å². The highest BCUT2D eigenvalue weighted by atomic mass is 32.2. The molecule has 8 heteroatoms. The van der Waals surface area contributed by atoms with Gasteiger partial charge in [0, 0.05) is 17.0 Å². The van der Waals surface area contributed by atoms with Gasteiger partial charge in [-0.3, -0.25) is 4.57 Å². The zero-order valence-electron chi connectivity index (χ0n) is 18.8. The zero-order valence-corrected chi connectivity index (χ0v) is 19.6. The second-order valence-corrected chi connectivity index (χ2v) is 9.60.